The summed E-state index contributed by atoms with van der Waals surface area (Å²) < 4.78 is 11.0. The van der Waals surface area contributed by atoms with Gasteiger partial charge in [-0.15, -0.1) is 0 Å². The van der Waals surface area contributed by atoms with Crippen LogP contribution in [0, 0.1) is 0 Å². The third kappa shape index (κ3) is 3.72. The first-order valence-electron chi connectivity index (χ1n) is 10.1. The Hall–Kier alpha value is -2.53. The van der Waals surface area contributed by atoms with Crippen LogP contribution < -0.4 is 14.4 Å². The molecular formula is C23H29N2O3+. The predicted octanol–water partition coefficient (Wildman–Crippen LogP) is 2.01. The van der Waals surface area contributed by atoms with E-state index in [0.717, 1.165) is 56.0 Å². The second kappa shape index (κ2) is 8.23. The molecule has 1 unspecified atom stereocenters. The number of likely N-dealkylation sites (tertiary alicyclic amines) is 1. The number of nitrogens with one attached hydrogen (secondary N) is 1. The lowest BCUT2D eigenvalue weighted by molar-refractivity contribution is -0.908. The molecular weight excluding hydrogens is 352 g/mol. The van der Waals surface area contributed by atoms with E-state index >= 15 is 0 Å². The largest absolute Gasteiger partial charge is 0.497 e. The molecule has 2 aromatic rings. The number of carbonyl (C=O) groups is 1. The highest BCUT2D eigenvalue weighted by Crippen LogP contribution is 2.38. The van der Waals surface area contributed by atoms with Crippen LogP contribution in [-0.4, -0.2) is 44.7 Å². The van der Waals surface area contributed by atoms with Gasteiger partial charge in [0.15, 0.2) is 6.54 Å². The van der Waals surface area contributed by atoms with E-state index < -0.39 is 0 Å². The summed E-state index contributed by atoms with van der Waals surface area (Å²) in [6, 6.07) is 14.5. The van der Waals surface area contributed by atoms with Crippen LogP contribution in [0.1, 0.15) is 35.6 Å². The molecule has 2 aliphatic heterocycles. The second-order valence-corrected chi connectivity index (χ2v) is 7.73. The topological polar surface area (TPSA) is 43.2 Å². The van der Waals surface area contributed by atoms with Crippen molar-refractivity contribution in [3.8, 4) is 11.5 Å². The Kier molecular flexibility index (Phi) is 5.53. The van der Waals surface area contributed by atoms with Crippen LogP contribution in [0.4, 0.5) is 0 Å². The van der Waals surface area contributed by atoms with Crippen LogP contribution in [0.25, 0.3) is 0 Å². The maximum Gasteiger partial charge on any atom is 0.278 e. The van der Waals surface area contributed by atoms with Gasteiger partial charge in [-0.1, -0.05) is 24.3 Å². The van der Waals surface area contributed by atoms with Gasteiger partial charge in [0.05, 0.1) is 26.8 Å². The van der Waals surface area contributed by atoms with Crippen LogP contribution in [0.3, 0.4) is 0 Å². The predicted molar refractivity (Wildman–Crippen MR) is 108 cm³/mol. The van der Waals surface area contributed by atoms with Gasteiger partial charge in [0.2, 0.25) is 0 Å². The van der Waals surface area contributed by atoms with E-state index in [-0.39, 0.29) is 11.9 Å². The molecule has 0 spiro atoms. The van der Waals surface area contributed by atoms with Crippen LogP contribution >= 0.6 is 0 Å². The molecule has 0 radical (unpaired) electrons. The smallest absolute Gasteiger partial charge is 0.278 e. The first kappa shape index (κ1) is 18.8. The fourth-order valence-corrected chi connectivity index (χ4v) is 4.60. The number of amides is 1. The third-order valence-corrected chi connectivity index (χ3v) is 6.08. The molecule has 28 heavy (non-hydrogen) atoms. The monoisotopic (exact) mass is 381 g/mol. The van der Waals surface area contributed by atoms with E-state index in [1.807, 2.05) is 23.1 Å². The van der Waals surface area contributed by atoms with Gasteiger partial charge < -0.3 is 19.3 Å². The number of fused-ring (bicyclic) bond motifs is 1. The number of rotatable bonds is 5. The molecule has 1 N–H and O–H groups in total. The standard InChI is InChI=1S/C23H28N2O3/c1-27-19-9-10-22(28-2)20(14-19)21-8-5-12-25(21)23(26)16-24-13-11-17-6-3-4-7-18(17)15-24/h3-4,6-7,9-10,14,21H,5,8,11-13,15-16H2,1-2H3/p+1/t21-/m1/s1. The molecule has 4 rings (SSSR count). The molecule has 0 bridgehead atoms. The molecule has 2 atom stereocenters. The van der Waals surface area contributed by atoms with Crippen LogP contribution in [-0.2, 0) is 17.8 Å². The maximum atomic E-state index is 13.2. The van der Waals surface area contributed by atoms with Gasteiger partial charge in [0.1, 0.15) is 18.0 Å². The Morgan fingerprint density at radius 1 is 1.14 bits per heavy atom. The van der Waals surface area contributed by atoms with Crippen LogP contribution in [0.15, 0.2) is 42.5 Å². The molecule has 2 heterocycles. The highest BCUT2D eigenvalue weighted by Gasteiger charge is 2.34. The van der Waals surface area contributed by atoms with E-state index in [0.29, 0.717) is 6.54 Å². The van der Waals surface area contributed by atoms with Gasteiger partial charge in [-0.2, -0.15) is 0 Å². The normalized spacial score (nSPS) is 21.3. The van der Waals surface area contributed by atoms with Gasteiger partial charge in [-0.3, -0.25) is 4.79 Å². The van der Waals surface area contributed by atoms with Crippen molar-refractivity contribution < 1.29 is 19.2 Å². The second-order valence-electron chi connectivity index (χ2n) is 7.73. The number of hydrogen-bond donors (Lipinski definition) is 1. The fraction of sp³-hybridized carbons (Fsp3) is 0.435. The number of carbonyl (C=O) groups excluding carboxylic acids is 1. The quantitative estimate of drug-likeness (QED) is 0.862. The van der Waals surface area contributed by atoms with Crippen LogP contribution in [0.2, 0.25) is 0 Å². The van der Waals surface area contributed by atoms with Crippen molar-refractivity contribution in [2.45, 2.75) is 31.8 Å². The first-order chi connectivity index (χ1) is 13.7. The lowest BCUT2D eigenvalue weighted by Gasteiger charge is -2.30. The van der Waals surface area contributed by atoms with Crippen molar-refractivity contribution in [2.24, 2.45) is 0 Å². The summed E-state index contributed by atoms with van der Waals surface area (Å²) in [5, 5.41) is 0. The summed E-state index contributed by atoms with van der Waals surface area (Å²) in [7, 11) is 3.35. The lowest BCUT2D eigenvalue weighted by Crippen LogP contribution is -3.12. The summed E-state index contributed by atoms with van der Waals surface area (Å²) in [6.07, 6.45) is 3.04. The third-order valence-electron chi connectivity index (χ3n) is 6.08. The van der Waals surface area contributed by atoms with E-state index in [1.165, 1.54) is 16.0 Å². The Balaban J connectivity index is 1.49. The van der Waals surface area contributed by atoms with Crippen molar-refractivity contribution in [1.29, 1.82) is 0 Å². The summed E-state index contributed by atoms with van der Waals surface area (Å²) in [4.78, 5) is 16.6. The van der Waals surface area contributed by atoms with Gasteiger partial charge in [-0.25, -0.2) is 0 Å². The molecule has 5 nitrogen and oxygen atoms in total. The molecule has 0 saturated carbocycles. The SMILES string of the molecule is COc1ccc(OC)c([C@H]2CCCN2C(=O)C[NH+]2CCc3ccccc3C2)c1. The molecule has 1 fully saturated rings. The number of nitrogens with zero attached hydrogens (tertiary/aromatic N) is 1. The summed E-state index contributed by atoms with van der Waals surface area (Å²) in [5.74, 6) is 1.86. The molecule has 5 heteroatoms. The zero-order valence-corrected chi connectivity index (χ0v) is 16.7. The zero-order valence-electron chi connectivity index (χ0n) is 16.7. The van der Waals surface area contributed by atoms with Gasteiger partial charge in [0.25, 0.3) is 5.91 Å². The van der Waals surface area contributed by atoms with Crippen molar-refractivity contribution in [3.63, 3.8) is 0 Å². The van der Waals surface area contributed by atoms with Crippen molar-refractivity contribution in [1.82, 2.24) is 4.90 Å². The number of methoxy groups -OCH3 is 2. The number of hydrogen-bond acceptors (Lipinski definition) is 3. The number of ether oxygens (including phenoxy) is 2. The molecule has 148 valence electrons. The minimum Gasteiger partial charge on any atom is -0.497 e. The number of benzene rings is 2. The minimum atomic E-state index is 0.0639. The highest BCUT2D eigenvalue weighted by molar-refractivity contribution is 5.78. The maximum absolute atomic E-state index is 13.2. The van der Waals surface area contributed by atoms with Crippen molar-refractivity contribution >= 4 is 5.91 Å². The van der Waals surface area contributed by atoms with Crippen molar-refractivity contribution in [2.75, 3.05) is 33.9 Å². The van der Waals surface area contributed by atoms with E-state index in [9.17, 15) is 4.79 Å². The first-order valence-corrected chi connectivity index (χ1v) is 10.1. The number of quaternary nitrogens is 1. The molecule has 1 amide bonds. The van der Waals surface area contributed by atoms with E-state index in [1.54, 1.807) is 14.2 Å². The van der Waals surface area contributed by atoms with E-state index in [4.69, 9.17) is 9.47 Å². The fourth-order valence-electron chi connectivity index (χ4n) is 4.60. The molecule has 1 saturated heterocycles. The summed E-state index contributed by atoms with van der Waals surface area (Å²) in [6.45, 7) is 3.32. The Labute approximate surface area is 166 Å². The van der Waals surface area contributed by atoms with E-state index in [2.05, 4.69) is 24.3 Å². The summed E-state index contributed by atoms with van der Waals surface area (Å²) >= 11 is 0. The molecule has 2 aliphatic rings. The molecule has 0 aliphatic carbocycles. The Morgan fingerprint density at radius 2 is 1.96 bits per heavy atom. The zero-order chi connectivity index (χ0) is 19.5. The molecule has 2 aromatic carbocycles. The average molecular weight is 381 g/mol. The minimum absolute atomic E-state index is 0.0639. The van der Waals surface area contributed by atoms with Gasteiger partial charge in [0, 0.05) is 24.1 Å². The Bertz CT molecular complexity index is 851. The van der Waals surface area contributed by atoms with Gasteiger partial charge >= 0.3 is 0 Å². The van der Waals surface area contributed by atoms with Crippen LogP contribution in [0.5, 0.6) is 11.5 Å². The Morgan fingerprint density at radius 3 is 2.75 bits per heavy atom. The highest BCUT2D eigenvalue weighted by atomic mass is 16.5. The summed E-state index contributed by atoms with van der Waals surface area (Å²) in [5.41, 5.74) is 3.86. The average Bonchev–Trinajstić information content (AvgIpc) is 3.23. The van der Waals surface area contributed by atoms with Gasteiger partial charge in [-0.05, 0) is 36.6 Å². The van der Waals surface area contributed by atoms with Crippen molar-refractivity contribution in [3.05, 3.63) is 59.2 Å². The lowest BCUT2D eigenvalue weighted by atomic mass is 10.00. The molecule has 0 aromatic heterocycles.